The average Bonchev–Trinajstić information content (AvgIpc) is 3.12. The Morgan fingerprint density at radius 3 is 2.67 bits per heavy atom. The largest absolute Gasteiger partial charge is 0.468 e. The van der Waals surface area contributed by atoms with Crippen LogP contribution in [-0.2, 0) is 24.1 Å². The maximum absolute atomic E-state index is 15.2. The molecule has 0 spiro atoms. The van der Waals surface area contributed by atoms with Gasteiger partial charge >= 0.3 is 6.18 Å². The zero-order valence-corrected chi connectivity index (χ0v) is 21.1. The van der Waals surface area contributed by atoms with Crippen molar-refractivity contribution in [3.05, 3.63) is 39.5 Å². The van der Waals surface area contributed by atoms with Gasteiger partial charge in [0.15, 0.2) is 6.61 Å². The predicted octanol–water partition coefficient (Wildman–Crippen LogP) is 4.44. The Labute approximate surface area is 212 Å². The van der Waals surface area contributed by atoms with E-state index in [0.29, 0.717) is 38.9 Å². The van der Waals surface area contributed by atoms with Gasteiger partial charge in [-0.2, -0.15) is 13.2 Å². The minimum absolute atomic E-state index is 0.0106. The van der Waals surface area contributed by atoms with Crippen LogP contribution in [0.2, 0.25) is 0 Å². The molecule has 1 amide bonds. The summed E-state index contributed by atoms with van der Waals surface area (Å²) in [7, 11) is 0. The number of alkyl halides is 4. The molecule has 2 aromatic rings. The first kappa shape index (κ1) is 26.8. The van der Waals surface area contributed by atoms with E-state index in [-0.39, 0.29) is 23.7 Å². The van der Waals surface area contributed by atoms with Crippen LogP contribution in [0.15, 0.2) is 18.3 Å². The van der Waals surface area contributed by atoms with Gasteiger partial charge in [0.25, 0.3) is 0 Å². The number of nitrogens with zero attached hydrogens (tertiary/aromatic N) is 3. The molecule has 1 atom stereocenters. The molecule has 1 saturated carbocycles. The molecule has 1 fully saturated rings. The number of fused-ring (bicyclic) bond motifs is 1. The molecule has 1 N–H and O–H groups in total. The number of nitrogens with one attached hydrogen (secondary N) is 1. The van der Waals surface area contributed by atoms with Crippen LogP contribution in [0.25, 0.3) is 0 Å². The number of carbonyl (C=O) groups excluding carboxylic acids is 1. The average molecular weight is 529 g/mol. The van der Waals surface area contributed by atoms with E-state index in [4.69, 9.17) is 4.74 Å². The van der Waals surface area contributed by atoms with E-state index >= 15 is 4.39 Å². The molecule has 2 aromatic heterocycles. The molecule has 36 heavy (non-hydrogen) atoms. The number of halogens is 4. The number of rotatable bonds is 8. The highest BCUT2D eigenvalue weighted by atomic mass is 32.1. The van der Waals surface area contributed by atoms with Gasteiger partial charge in [0.2, 0.25) is 11.8 Å². The summed E-state index contributed by atoms with van der Waals surface area (Å²) in [6.07, 6.45) is 0.943. The quantitative estimate of drug-likeness (QED) is 0.513. The smallest absolute Gasteiger partial charge is 0.422 e. The van der Waals surface area contributed by atoms with Gasteiger partial charge in [0.1, 0.15) is 6.17 Å². The van der Waals surface area contributed by atoms with Crippen LogP contribution < -0.4 is 10.1 Å². The van der Waals surface area contributed by atoms with Gasteiger partial charge < -0.3 is 10.1 Å². The number of amides is 1. The molecule has 4 rings (SSSR count). The van der Waals surface area contributed by atoms with E-state index in [2.05, 4.69) is 20.2 Å². The van der Waals surface area contributed by atoms with Crippen LogP contribution in [0, 0.1) is 12.8 Å². The third kappa shape index (κ3) is 7.86. The maximum atomic E-state index is 15.2. The highest BCUT2D eigenvalue weighted by Crippen LogP contribution is 2.30. The van der Waals surface area contributed by atoms with Crippen molar-refractivity contribution in [2.75, 3.05) is 26.2 Å². The van der Waals surface area contributed by atoms with Crippen molar-refractivity contribution in [3.63, 3.8) is 0 Å². The maximum Gasteiger partial charge on any atom is 0.422 e. The SMILES string of the molecule is Cc1ncc(CC(=O)N[C@H]2CC[C@H]([C@@H](F)CN3CCc4ccc(OCC(F)(F)F)nc4CC3)CC2)s1. The van der Waals surface area contributed by atoms with Crippen LogP contribution >= 0.6 is 11.3 Å². The van der Waals surface area contributed by atoms with Gasteiger partial charge in [-0.05, 0) is 50.5 Å². The number of carbonyl (C=O) groups is 1. The van der Waals surface area contributed by atoms with Gasteiger partial charge in [-0.1, -0.05) is 6.07 Å². The molecular weight excluding hydrogens is 496 g/mol. The number of thiazole rings is 1. The highest BCUT2D eigenvalue weighted by Gasteiger charge is 2.31. The van der Waals surface area contributed by atoms with Crippen LogP contribution in [0.1, 0.15) is 46.8 Å². The summed E-state index contributed by atoms with van der Waals surface area (Å²) in [5.74, 6) is -0.0778. The van der Waals surface area contributed by atoms with E-state index in [9.17, 15) is 18.0 Å². The van der Waals surface area contributed by atoms with Gasteiger partial charge in [0, 0.05) is 54.9 Å². The molecule has 11 heteroatoms. The Morgan fingerprint density at radius 2 is 1.97 bits per heavy atom. The summed E-state index contributed by atoms with van der Waals surface area (Å²) in [4.78, 5) is 23.8. The normalized spacial score (nSPS) is 21.9. The summed E-state index contributed by atoms with van der Waals surface area (Å²) in [5.41, 5.74) is 1.69. The lowest BCUT2D eigenvalue weighted by molar-refractivity contribution is -0.154. The van der Waals surface area contributed by atoms with Crippen molar-refractivity contribution in [1.29, 1.82) is 0 Å². The van der Waals surface area contributed by atoms with E-state index in [1.54, 1.807) is 12.3 Å². The molecule has 198 valence electrons. The number of aromatic nitrogens is 2. The lowest BCUT2D eigenvalue weighted by Crippen LogP contribution is -2.41. The summed E-state index contributed by atoms with van der Waals surface area (Å²) >= 11 is 1.52. The van der Waals surface area contributed by atoms with Gasteiger partial charge in [-0.15, -0.1) is 11.3 Å². The van der Waals surface area contributed by atoms with E-state index in [1.165, 1.54) is 17.4 Å². The van der Waals surface area contributed by atoms with Crippen molar-refractivity contribution >= 4 is 17.2 Å². The molecule has 0 unspecified atom stereocenters. The monoisotopic (exact) mass is 528 g/mol. The fourth-order valence-corrected chi connectivity index (χ4v) is 5.77. The lowest BCUT2D eigenvalue weighted by Gasteiger charge is -2.33. The Morgan fingerprint density at radius 1 is 1.22 bits per heavy atom. The van der Waals surface area contributed by atoms with Crippen molar-refractivity contribution < 1.29 is 27.1 Å². The van der Waals surface area contributed by atoms with Crippen LogP contribution in [-0.4, -0.2) is 65.4 Å². The van der Waals surface area contributed by atoms with Crippen molar-refractivity contribution in [3.8, 4) is 5.88 Å². The third-order valence-corrected chi connectivity index (χ3v) is 7.79. The van der Waals surface area contributed by atoms with Crippen LogP contribution in [0.4, 0.5) is 17.6 Å². The number of hydrogen-bond acceptors (Lipinski definition) is 6. The number of aryl methyl sites for hydroxylation is 1. The second kappa shape index (κ2) is 11.9. The van der Waals surface area contributed by atoms with Gasteiger partial charge in [-0.3, -0.25) is 9.69 Å². The van der Waals surface area contributed by atoms with Crippen molar-refractivity contribution in [1.82, 2.24) is 20.2 Å². The summed E-state index contributed by atoms with van der Waals surface area (Å²) in [6, 6.07) is 3.31. The summed E-state index contributed by atoms with van der Waals surface area (Å²) < 4.78 is 57.2. The molecule has 2 aliphatic rings. The molecule has 0 aromatic carbocycles. The second-order valence-electron chi connectivity index (χ2n) is 9.68. The minimum Gasteiger partial charge on any atom is -0.468 e. The first-order valence-corrected chi connectivity index (χ1v) is 13.2. The molecule has 1 aliphatic heterocycles. The summed E-state index contributed by atoms with van der Waals surface area (Å²) in [5, 5.41) is 4.03. The van der Waals surface area contributed by atoms with Crippen LogP contribution in [0.3, 0.4) is 0 Å². The Balaban J connectivity index is 1.19. The molecule has 3 heterocycles. The fourth-order valence-electron chi connectivity index (χ4n) is 4.97. The molecule has 0 saturated heterocycles. The fraction of sp³-hybridized carbons (Fsp3) is 0.640. The second-order valence-corrected chi connectivity index (χ2v) is 11.0. The van der Waals surface area contributed by atoms with Crippen LogP contribution in [0.5, 0.6) is 5.88 Å². The highest BCUT2D eigenvalue weighted by molar-refractivity contribution is 7.11. The topological polar surface area (TPSA) is 67.4 Å². The number of ether oxygens (including phenoxy) is 1. The third-order valence-electron chi connectivity index (χ3n) is 6.87. The number of pyridine rings is 1. The first-order valence-electron chi connectivity index (χ1n) is 12.4. The van der Waals surface area contributed by atoms with Gasteiger partial charge in [-0.25, -0.2) is 14.4 Å². The Hall–Kier alpha value is -2.27. The van der Waals surface area contributed by atoms with Gasteiger partial charge in [0.05, 0.1) is 11.4 Å². The van der Waals surface area contributed by atoms with E-state index < -0.39 is 19.0 Å². The number of hydrogen-bond donors (Lipinski definition) is 1. The molecule has 0 bridgehead atoms. The zero-order chi connectivity index (χ0) is 25.7. The molecule has 0 radical (unpaired) electrons. The van der Waals surface area contributed by atoms with Crippen molar-refractivity contribution in [2.24, 2.45) is 5.92 Å². The molecule has 6 nitrogen and oxygen atoms in total. The minimum atomic E-state index is -4.41. The van der Waals surface area contributed by atoms with E-state index in [0.717, 1.165) is 46.8 Å². The lowest BCUT2D eigenvalue weighted by atomic mass is 9.83. The van der Waals surface area contributed by atoms with Crippen molar-refractivity contribution in [2.45, 2.75) is 70.3 Å². The summed E-state index contributed by atoms with van der Waals surface area (Å²) in [6.45, 7) is 2.16. The predicted molar refractivity (Wildman–Crippen MR) is 129 cm³/mol. The molecule has 1 aliphatic carbocycles. The zero-order valence-electron chi connectivity index (χ0n) is 20.3. The first-order chi connectivity index (χ1) is 17.1. The van der Waals surface area contributed by atoms with E-state index in [1.807, 2.05) is 6.92 Å². The molecular formula is C25H32F4N4O2S. The Bertz CT molecular complexity index is 1020. The Kier molecular flexibility index (Phi) is 8.82. The standard InChI is InChI=1S/C25H32F4N4O2S/c1-16-30-13-20(36-16)12-23(34)31-19-5-2-17(3-6-19)21(26)14-33-10-8-18-4-7-24(32-22(18)9-11-33)35-15-25(27,28)29/h4,7,13,17,19,21H,2-3,5-6,8-12,14-15H2,1H3,(H,31,34)/t17-,19-,21-/m0/s1.